The van der Waals surface area contributed by atoms with Crippen molar-refractivity contribution in [2.24, 2.45) is 4.99 Å². The normalized spacial score (nSPS) is 14.8. The topological polar surface area (TPSA) is 79.1 Å². The second-order valence-electron chi connectivity index (χ2n) is 10.4. The molecule has 0 unspecified atom stereocenters. The van der Waals surface area contributed by atoms with Gasteiger partial charge in [-0.25, -0.2) is 14.2 Å². The third kappa shape index (κ3) is 6.81. The number of hydrogen-bond acceptors (Lipinski definition) is 8. The molecule has 1 aliphatic rings. The van der Waals surface area contributed by atoms with E-state index in [0.29, 0.717) is 38.7 Å². The van der Waals surface area contributed by atoms with Crippen LogP contribution in [0.3, 0.4) is 0 Å². The monoisotopic (exact) mass is 632 g/mol. The average Bonchev–Trinajstić information content (AvgIpc) is 3.30. The largest absolute Gasteiger partial charge is 0.490 e. The fourth-order valence-electron chi connectivity index (χ4n) is 4.86. The first-order valence-electron chi connectivity index (χ1n) is 14.2. The van der Waals surface area contributed by atoms with E-state index < -0.39 is 12.0 Å². The molecule has 4 aromatic rings. The molecule has 0 aliphatic carbocycles. The van der Waals surface area contributed by atoms with Crippen molar-refractivity contribution < 1.29 is 23.4 Å². The van der Waals surface area contributed by atoms with Crippen molar-refractivity contribution in [3.63, 3.8) is 0 Å². The SMILES string of the molecule is CCOc1cc(/C=c2\sc3n(c2=O)[C@@H](c2ccc(SC)cc2)C(C(=O)OC(C)C)=C(C)N=3)ccc1OCc1ccc(F)cc1. The zero-order chi connectivity index (χ0) is 31.4. The fraction of sp³-hybridized carbons (Fsp3) is 0.265. The van der Waals surface area contributed by atoms with Crippen LogP contribution in [-0.2, 0) is 16.1 Å². The number of aromatic nitrogens is 1. The number of carbonyl (C=O) groups is 1. The standard InChI is InChI=1S/C34H33FN2O5S2/c1-6-40-28-17-23(9-16-27(28)41-19-22-7-12-25(35)13-8-22)18-29-32(38)37-31(24-10-14-26(43-5)15-11-24)30(33(39)42-20(2)3)21(4)36-34(37)44-29/h7-18,20,31H,6,19H2,1-5H3/b29-18-/t31-/m0/s1. The van der Waals surface area contributed by atoms with Gasteiger partial charge in [-0.3, -0.25) is 9.36 Å². The number of carbonyl (C=O) groups excluding carboxylic acids is 1. The summed E-state index contributed by atoms with van der Waals surface area (Å²) >= 11 is 2.88. The van der Waals surface area contributed by atoms with Crippen molar-refractivity contribution in [3.8, 4) is 11.5 Å². The van der Waals surface area contributed by atoms with E-state index in [-0.39, 0.29) is 24.1 Å². The molecule has 0 amide bonds. The molecule has 0 N–H and O–H groups in total. The Kier molecular flexibility index (Phi) is 9.71. The highest BCUT2D eigenvalue weighted by Crippen LogP contribution is 2.32. The van der Waals surface area contributed by atoms with Gasteiger partial charge < -0.3 is 14.2 Å². The molecule has 0 saturated heterocycles. The lowest BCUT2D eigenvalue weighted by Crippen LogP contribution is -2.40. The molecule has 1 atom stereocenters. The maximum absolute atomic E-state index is 14.0. The molecular formula is C34H33FN2O5S2. The number of hydrogen-bond donors (Lipinski definition) is 0. The quantitative estimate of drug-likeness (QED) is 0.157. The molecule has 44 heavy (non-hydrogen) atoms. The minimum Gasteiger partial charge on any atom is -0.490 e. The summed E-state index contributed by atoms with van der Waals surface area (Å²) in [5.41, 5.74) is 2.96. The van der Waals surface area contributed by atoms with E-state index in [0.717, 1.165) is 21.6 Å². The molecule has 10 heteroatoms. The number of fused-ring (bicyclic) bond motifs is 1. The predicted molar refractivity (Wildman–Crippen MR) is 172 cm³/mol. The molecule has 0 spiro atoms. The van der Waals surface area contributed by atoms with Gasteiger partial charge in [-0.2, -0.15) is 0 Å². The van der Waals surface area contributed by atoms with Gasteiger partial charge in [-0.1, -0.05) is 41.7 Å². The highest BCUT2D eigenvalue weighted by atomic mass is 32.2. The first kappa shape index (κ1) is 31.3. The first-order chi connectivity index (χ1) is 21.2. The summed E-state index contributed by atoms with van der Waals surface area (Å²) in [6, 6.07) is 18.7. The number of halogens is 1. The van der Waals surface area contributed by atoms with Crippen LogP contribution in [0.5, 0.6) is 11.5 Å². The Morgan fingerprint density at radius 3 is 2.45 bits per heavy atom. The van der Waals surface area contributed by atoms with Crippen LogP contribution < -0.4 is 24.4 Å². The maximum atomic E-state index is 14.0. The number of allylic oxidation sites excluding steroid dienone is 1. The van der Waals surface area contributed by atoms with Crippen LogP contribution >= 0.6 is 23.1 Å². The molecule has 1 aromatic heterocycles. The van der Waals surface area contributed by atoms with Gasteiger partial charge in [0.05, 0.1) is 34.6 Å². The van der Waals surface area contributed by atoms with Crippen LogP contribution in [0.25, 0.3) is 6.08 Å². The van der Waals surface area contributed by atoms with Gasteiger partial charge in [0, 0.05) is 4.90 Å². The van der Waals surface area contributed by atoms with Crippen molar-refractivity contribution in [1.82, 2.24) is 4.57 Å². The number of nitrogens with zero attached hydrogens (tertiary/aromatic N) is 2. The minimum absolute atomic E-state index is 0.247. The third-order valence-corrected chi connectivity index (χ3v) is 8.62. The van der Waals surface area contributed by atoms with E-state index in [9.17, 15) is 14.0 Å². The summed E-state index contributed by atoms with van der Waals surface area (Å²) in [5.74, 6) is 0.261. The summed E-state index contributed by atoms with van der Waals surface area (Å²) in [4.78, 5) is 33.6. The van der Waals surface area contributed by atoms with Crippen molar-refractivity contribution in [2.45, 2.75) is 51.3 Å². The lowest BCUT2D eigenvalue weighted by atomic mass is 9.96. The minimum atomic E-state index is -0.684. The van der Waals surface area contributed by atoms with Crippen LogP contribution in [-0.4, -0.2) is 29.5 Å². The Morgan fingerprint density at radius 1 is 1.07 bits per heavy atom. The summed E-state index contributed by atoms with van der Waals surface area (Å²) in [5, 5.41) is 0. The number of thiazole rings is 1. The summed E-state index contributed by atoms with van der Waals surface area (Å²) in [6.07, 6.45) is 3.46. The number of benzene rings is 3. The van der Waals surface area contributed by atoms with Crippen molar-refractivity contribution in [3.05, 3.63) is 120 Å². The van der Waals surface area contributed by atoms with Gasteiger partial charge in [0.1, 0.15) is 12.4 Å². The lowest BCUT2D eigenvalue weighted by Gasteiger charge is -2.25. The molecule has 0 saturated carbocycles. The summed E-state index contributed by atoms with van der Waals surface area (Å²) in [7, 11) is 0. The molecule has 7 nitrogen and oxygen atoms in total. The van der Waals surface area contributed by atoms with Crippen LogP contribution in [0.15, 0.2) is 92.7 Å². The van der Waals surface area contributed by atoms with Gasteiger partial charge in [0.25, 0.3) is 5.56 Å². The van der Waals surface area contributed by atoms with Crippen LogP contribution in [0, 0.1) is 5.82 Å². The van der Waals surface area contributed by atoms with Gasteiger partial charge in [-0.05, 0) is 93.1 Å². The number of rotatable bonds is 10. The first-order valence-corrected chi connectivity index (χ1v) is 16.2. The van der Waals surface area contributed by atoms with E-state index in [1.54, 1.807) is 61.4 Å². The van der Waals surface area contributed by atoms with E-state index in [1.165, 1.54) is 23.5 Å². The van der Waals surface area contributed by atoms with Crippen LogP contribution in [0.4, 0.5) is 4.39 Å². The maximum Gasteiger partial charge on any atom is 0.338 e. The number of thioether (sulfide) groups is 1. The summed E-state index contributed by atoms with van der Waals surface area (Å²) < 4.78 is 32.7. The molecule has 2 heterocycles. The van der Waals surface area contributed by atoms with Crippen molar-refractivity contribution in [2.75, 3.05) is 12.9 Å². The fourth-order valence-corrected chi connectivity index (χ4v) is 6.31. The number of esters is 1. The van der Waals surface area contributed by atoms with E-state index in [1.807, 2.05) is 49.6 Å². The molecule has 3 aromatic carbocycles. The zero-order valence-electron chi connectivity index (χ0n) is 25.1. The van der Waals surface area contributed by atoms with Gasteiger partial charge in [0.2, 0.25) is 0 Å². The Morgan fingerprint density at radius 2 is 1.80 bits per heavy atom. The predicted octanol–water partition coefficient (Wildman–Crippen LogP) is 6.03. The van der Waals surface area contributed by atoms with Crippen LogP contribution in [0.1, 0.15) is 50.4 Å². The molecule has 1 aliphatic heterocycles. The number of ether oxygens (including phenoxy) is 3. The highest BCUT2D eigenvalue weighted by molar-refractivity contribution is 7.98. The molecule has 0 bridgehead atoms. The average molecular weight is 633 g/mol. The Bertz CT molecular complexity index is 1880. The van der Waals surface area contributed by atoms with E-state index in [4.69, 9.17) is 14.2 Å². The molecular weight excluding hydrogens is 600 g/mol. The van der Waals surface area contributed by atoms with E-state index >= 15 is 0 Å². The lowest BCUT2D eigenvalue weighted by molar-refractivity contribution is -0.143. The smallest absolute Gasteiger partial charge is 0.338 e. The van der Waals surface area contributed by atoms with Gasteiger partial charge in [0.15, 0.2) is 16.3 Å². The van der Waals surface area contributed by atoms with Gasteiger partial charge >= 0.3 is 5.97 Å². The molecule has 0 fully saturated rings. The zero-order valence-corrected chi connectivity index (χ0v) is 26.8. The van der Waals surface area contributed by atoms with E-state index in [2.05, 4.69) is 4.99 Å². The summed E-state index contributed by atoms with van der Waals surface area (Å²) in [6.45, 7) is 7.90. The Hall–Kier alpha value is -4.15. The molecule has 0 radical (unpaired) electrons. The molecule has 5 rings (SSSR count). The van der Waals surface area contributed by atoms with Gasteiger partial charge in [-0.15, -0.1) is 11.8 Å². The molecule has 228 valence electrons. The Balaban J connectivity index is 1.55. The Labute approximate surface area is 263 Å². The highest BCUT2D eigenvalue weighted by Gasteiger charge is 2.33. The van der Waals surface area contributed by atoms with Crippen molar-refractivity contribution in [1.29, 1.82) is 0 Å². The second kappa shape index (κ2) is 13.7. The van der Waals surface area contributed by atoms with Crippen molar-refractivity contribution >= 4 is 35.1 Å². The second-order valence-corrected chi connectivity index (χ2v) is 12.3. The third-order valence-electron chi connectivity index (χ3n) is 6.89. The van der Waals surface area contributed by atoms with Crippen LogP contribution in [0.2, 0.25) is 0 Å².